The lowest BCUT2D eigenvalue weighted by Gasteiger charge is -2.45. The van der Waals surface area contributed by atoms with Gasteiger partial charge in [-0.05, 0) is 36.6 Å². The lowest BCUT2D eigenvalue weighted by molar-refractivity contribution is 0.0750. The zero-order chi connectivity index (χ0) is 9.35. The molecular weight excluding hydrogens is 148 g/mol. The summed E-state index contributed by atoms with van der Waals surface area (Å²) in [5.41, 5.74) is 12.1. The van der Waals surface area contributed by atoms with Crippen LogP contribution < -0.4 is 11.5 Å². The van der Waals surface area contributed by atoms with Gasteiger partial charge < -0.3 is 11.5 Å². The van der Waals surface area contributed by atoms with Crippen molar-refractivity contribution >= 4 is 0 Å². The van der Waals surface area contributed by atoms with Crippen LogP contribution in [0.5, 0.6) is 0 Å². The molecule has 0 radical (unpaired) electrons. The third-order valence-corrected chi connectivity index (χ3v) is 3.82. The number of hydrogen-bond donors (Lipinski definition) is 2. The lowest BCUT2D eigenvalue weighted by atomic mass is 9.62. The van der Waals surface area contributed by atoms with Gasteiger partial charge in [0.05, 0.1) is 0 Å². The topological polar surface area (TPSA) is 52.0 Å². The van der Waals surface area contributed by atoms with Gasteiger partial charge in [0, 0.05) is 6.04 Å². The van der Waals surface area contributed by atoms with E-state index in [-0.39, 0.29) is 5.41 Å². The van der Waals surface area contributed by atoms with Crippen molar-refractivity contribution in [2.24, 2.45) is 28.7 Å². The van der Waals surface area contributed by atoms with Crippen LogP contribution in [0, 0.1) is 17.3 Å². The van der Waals surface area contributed by atoms with Gasteiger partial charge in [-0.3, -0.25) is 0 Å². The van der Waals surface area contributed by atoms with Crippen LogP contribution in [0.15, 0.2) is 0 Å². The molecule has 1 aliphatic carbocycles. The minimum atomic E-state index is 0.275. The molecule has 12 heavy (non-hydrogen) atoms. The van der Waals surface area contributed by atoms with Crippen molar-refractivity contribution in [2.75, 3.05) is 6.54 Å². The first kappa shape index (κ1) is 10.0. The third kappa shape index (κ3) is 1.64. The average Bonchev–Trinajstić information content (AvgIpc) is 2.00. The van der Waals surface area contributed by atoms with Crippen LogP contribution in [-0.2, 0) is 0 Å². The largest absolute Gasteiger partial charge is 0.330 e. The maximum atomic E-state index is 5.98. The van der Waals surface area contributed by atoms with E-state index in [9.17, 15) is 0 Å². The maximum absolute atomic E-state index is 5.98. The molecule has 4 unspecified atom stereocenters. The van der Waals surface area contributed by atoms with Crippen LogP contribution in [0.25, 0.3) is 0 Å². The van der Waals surface area contributed by atoms with E-state index in [0.717, 1.165) is 25.3 Å². The molecule has 1 saturated carbocycles. The van der Waals surface area contributed by atoms with Gasteiger partial charge in [0.15, 0.2) is 0 Å². The Labute approximate surface area is 75.7 Å². The fourth-order valence-electron chi connectivity index (χ4n) is 2.51. The second-order valence-corrected chi connectivity index (χ2v) is 4.82. The highest BCUT2D eigenvalue weighted by molar-refractivity contribution is 4.92. The van der Waals surface area contributed by atoms with Crippen molar-refractivity contribution in [1.29, 1.82) is 0 Å². The van der Waals surface area contributed by atoms with Crippen molar-refractivity contribution in [3.63, 3.8) is 0 Å². The highest BCUT2D eigenvalue weighted by Crippen LogP contribution is 2.42. The Morgan fingerprint density at radius 1 is 1.42 bits per heavy atom. The van der Waals surface area contributed by atoms with Crippen LogP contribution in [0.3, 0.4) is 0 Å². The van der Waals surface area contributed by atoms with Crippen molar-refractivity contribution in [1.82, 2.24) is 0 Å². The molecule has 0 aromatic heterocycles. The molecule has 0 aliphatic heterocycles. The van der Waals surface area contributed by atoms with E-state index in [0.29, 0.717) is 12.0 Å². The molecule has 0 heterocycles. The molecule has 2 heteroatoms. The van der Waals surface area contributed by atoms with Gasteiger partial charge in [0.1, 0.15) is 0 Å². The molecule has 1 fully saturated rings. The van der Waals surface area contributed by atoms with E-state index in [4.69, 9.17) is 11.5 Å². The summed E-state index contributed by atoms with van der Waals surface area (Å²) in [6.45, 7) is 7.64. The Morgan fingerprint density at radius 3 is 2.50 bits per heavy atom. The molecule has 2 nitrogen and oxygen atoms in total. The minimum absolute atomic E-state index is 0.275. The normalized spacial score (nSPS) is 49.2. The molecule has 0 aromatic rings. The summed E-state index contributed by atoms with van der Waals surface area (Å²) in [6, 6.07) is 0.366. The SMILES string of the molecule is CC1CC(N)CC(C)(CN)C1C. The van der Waals surface area contributed by atoms with Crippen molar-refractivity contribution in [3.8, 4) is 0 Å². The third-order valence-electron chi connectivity index (χ3n) is 3.82. The Morgan fingerprint density at radius 2 is 2.00 bits per heavy atom. The maximum Gasteiger partial charge on any atom is 0.00472 e. The molecule has 0 spiro atoms. The van der Waals surface area contributed by atoms with Gasteiger partial charge in [-0.25, -0.2) is 0 Å². The predicted molar refractivity (Wildman–Crippen MR) is 52.7 cm³/mol. The van der Waals surface area contributed by atoms with E-state index in [2.05, 4.69) is 20.8 Å². The summed E-state index contributed by atoms with van der Waals surface area (Å²) in [6.07, 6.45) is 2.26. The molecule has 4 atom stereocenters. The van der Waals surface area contributed by atoms with Gasteiger partial charge in [-0.1, -0.05) is 20.8 Å². The molecule has 0 saturated heterocycles. The Balaban J connectivity index is 2.72. The molecule has 4 N–H and O–H groups in total. The Kier molecular flexibility index (Phi) is 2.79. The fourth-order valence-corrected chi connectivity index (χ4v) is 2.51. The zero-order valence-electron chi connectivity index (χ0n) is 8.51. The number of nitrogens with two attached hydrogens (primary N) is 2. The van der Waals surface area contributed by atoms with Crippen LogP contribution in [0.1, 0.15) is 33.6 Å². The lowest BCUT2D eigenvalue weighted by Crippen LogP contribution is -2.47. The number of hydrogen-bond acceptors (Lipinski definition) is 2. The van der Waals surface area contributed by atoms with Crippen LogP contribution in [0.4, 0.5) is 0 Å². The Bertz CT molecular complexity index is 158. The molecule has 0 aromatic carbocycles. The molecular formula is C10H22N2. The first-order valence-electron chi connectivity index (χ1n) is 4.95. The highest BCUT2D eigenvalue weighted by Gasteiger charge is 2.39. The van der Waals surface area contributed by atoms with Crippen molar-refractivity contribution in [2.45, 2.75) is 39.7 Å². The monoisotopic (exact) mass is 170 g/mol. The van der Waals surface area contributed by atoms with E-state index in [1.165, 1.54) is 0 Å². The van der Waals surface area contributed by atoms with E-state index >= 15 is 0 Å². The molecule has 72 valence electrons. The van der Waals surface area contributed by atoms with Crippen LogP contribution in [-0.4, -0.2) is 12.6 Å². The minimum Gasteiger partial charge on any atom is -0.330 e. The second kappa shape index (κ2) is 3.35. The summed E-state index contributed by atoms with van der Waals surface area (Å²) < 4.78 is 0. The number of rotatable bonds is 1. The smallest absolute Gasteiger partial charge is 0.00472 e. The van der Waals surface area contributed by atoms with Gasteiger partial charge >= 0.3 is 0 Å². The molecule has 1 aliphatic rings. The van der Waals surface area contributed by atoms with E-state index in [1.54, 1.807) is 0 Å². The first-order valence-corrected chi connectivity index (χ1v) is 4.95. The molecule has 1 rings (SSSR count). The van der Waals surface area contributed by atoms with Crippen LogP contribution >= 0.6 is 0 Å². The first-order chi connectivity index (χ1) is 5.49. The fraction of sp³-hybridized carbons (Fsp3) is 1.00. The van der Waals surface area contributed by atoms with Gasteiger partial charge in [-0.2, -0.15) is 0 Å². The summed E-state index contributed by atoms with van der Waals surface area (Å²) in [7, 11) is 0. The molecule has 0 bridgehead atoms. The molecule has 0 amide bonds. The zero-order valence-corrected chi connectivity index (χ0v) is 8.51. The summed E-state index contributed by atoms with van der Waals surface area (Å²) in [4.78, 5) is 0. The summed E-state index contributed by atoms with van der Waals surface area (Å²) >= 11 is 0. The van der Waals surface area contributed by atoms with Gasteiger partial charge in [-0.15, -0.1) is 0 Å². The predicted octanol–water partition coefficient (Wildman–Crippen LogP) is 1.34. The summed E-state index contributed by atoms with van der Waals surface area (Å²) in [5.74, 6) is 1.43. The quantitative estimate of drug-likeness (QED) is 0.624. The van der Waals surface area contributed by atoms with Crippen molar-refractivity contribution in [3.05, 3.63) is 0 Å². The van der Waals surface area contributed by atoms with E-state index in [1.807, 2.05) is 0 Å². The average molecular weight is 170 g/mol. The van der Waals surface area contributed by atoms with Gasteiger partial charge in [0.25, 0.3) is 0 Å². The standard InChI is InChI=1S/C10H22N2/c1-7-4-9(12)5-10(3,6-11)8(7)2/h7-9H,4-6,11-12H2,1-3H3. The van der Waals surface area contributed by atoms with Crippen LogP contribution in [0.2, 0.25) is 0 Å². The highest BCUT2D eigenvalue weighted by atomic mass is 14.7. The van der Waals surface area contributed by atoms with Gasteiger partial charge in [0.2, 0.25) is 0 Å². The van der Waals surface area contributed by atoms with E-state index < -0.39 is 0 Å². The summed E-state index contributed by atoms with van der Waals surface area (Å²) in [5, 5.41) is 0. The van der Waals surface area contributed by atoms with Crippen molar-refractivity contribution < 1.29 is 0 Å². The second-order valence-electron chi connectivity index (χ2n) is 4.82. The Hall–Kier alpha value is -0.0800.